The number of nitrogens with one attached hydrogen (secondary N) is 1. The van der Waals surface area contributed by atoms with Gasteiger partial charge in [-0.15, -0.1) is 0 Å². The highest BCUT2D eigenvalue weighted by atomic mass is 14.8. The fourth-order valence-corrected chi connectivity index (χ4v) is 3.42. The molecule has 128 valence electrons. The van der Waals surface area contributed by atoms with Gasteiger partial charge in [-0.2, -0.15) is 0 Å². The van der Waals surface area contributed by atoms with Crippen molar-refractivity contribution >= 4 is 11.9 Å². The molecule has 0 atom stereocenters. The first-order chi connectivity index (χ1) is 11.7. The van der Waals surface area contributed by atoms with E-state index >= 15 is 0 Å². The van der Waals surface area contributed by atoms with Gasteiger partial charge >= 0.3 is 0 Å². The lowest BCUT2D eigenvalue weighted by Crippen LogP contribution is -2.28. The molecule has 2 aromatic rings. The highest BCUT2D eigenvalue weighted by Gasteiger charge is 2.06. The molecule has 4 rings (SSSR count). The van der Waals surface area contributed by atoms with Gasteiger partial charge in [0.1, 0.15) is 11.3 Å². The Hall–Kier alpha value is -2.10. The Kier molecular flexibility index (Phi) is 5.68. The Balaban J connectivity index is 0.000000203. The summed E-state index contributed by atoms with van der Waals surface area (Å²) in [5.41, 5.74) is 9.02. The summed E-state index contributed by atoms with van der Waals surface area (Å²) >= 11 is 0. The molecule has 4 heteroatoms. The van der Waals surface area contributed by atoms with Gasteiger partial charge in [0, 0.05) is 30.6 Å². The summed E-state index contributed by atoms with van der Waals surface area (Å²) in [5, 5.41) is 1.24. The number of aromatic amines is 1. The van der Waals surface area contributed by atoms with Crippen molar-refractivity contribution in [2.24, 2.45) is 10.9 Å². The molecule has 4 nitrogen and oxygen atoms in total. The van der Waals surface area contributed by atoms with Gasteiger partial charge in [0.15, 0.2) is 0 Å². The monoisotopic (exact) mass is 324 g/mol. The fraction of sp³-hybridized carbons (Fsp3) is 0.500. The molecule has 2 aliphatic rings. The number of nitrogen functional groups attached to an aromatic ring is 1. The molecule has 2 aromatic heterocycles. The number of nitrogens with zero attached hydrogens (tertiary/aromatic N) is 2. The summed E-state index contributed by atoms with van der Waals surface area (Å²) in [6, 6.07) is 3.85. The van der Waals surface area contributed by atoms with Gasteiger partial charge in [-0.3, -0.25) is 4.99 Å². The number of rotatable bonds is 2. The van der Waals surface area contributed by atoms with Crippen molar-refractivity contribution in [1.29, 1.82) is 0 Å². The summed E-state index contributed by atoms with van der Waals surface area (Å²) in [7, 11) is 0. The Morgan fingerprint density at radius 1 is 1.21 bits per heavy atom. The van der Waals surface area contributed by atoms with Crippen LogP contribution < -0.4 is 16.4 Å². The van der Waals surface area contributed by atoms with Crippen molar-refractivity contribution in [3.05, 3.63) is 46.4 Å². The van der Waals surface area contributed by atoms with E-state index in [0.717, 1.165) is 30.8 Å². The van der Waals surface area contributed by atoms with Gasteiger partial charge in [-0.05, 0) is 29.5 Å². The zero-order valence-corrected chi connectivity index (χ0v) is 14.6. The molecule has 3 heterocycles. The number of pyridine rings is 1. The van der Waals surface area contributed by atoms with Crippen LogP contribution in [0.5, 0.6) is 0 Å². The van der Waals surface area contributed by atoms with Crippen molar-refractivity contribution in [1.82, 2.24) is 9.97 Å². The van der Waals surface area contributed by atoms with E-state index < -0.39 is 0 Å². The van der Waals surface area contributed by atoms with Crippen molar-refractivity contribution in [3.8, 4) is 0 Å². The van der Waals surface area contributed by atoms with E-state index in [1.54, 1.807) is 0 Å². The number of hydrogen-bond acceptors (Lipinski definition) is 3. The number of H-pyrrole nitrogens is 1. The van der Waals surface area contributed by atoms with Crippen LogP contribution in [0.1, 0.15) is 56.6 Å². The van der Waals surface area contributed by atoms with Crippen molar-refractivity contribution < 1.29 is 0 Å². The van der Waals surface area contributed by atoms with Crippen LogP contribution in [-0.4, -0.2) is 16.5 Å². The van der Waals surface area contributed by atoms with E-state index in [4.69, 9.17) is 5.73 Å². The van der Waals surface area contributed by atoms with Crippen molar-refractivity contribution in [3.63, 3.8) is 0 Å². The third-order valence-electron chi connectivity index (χ3n) is 4.87. The molecule has 0 spiro atoms. The minimum absolute atomic E-state index is 0.561. The van der Waals surface area contributed by atoms with Gasteiger partial charge in [0.05, 0.1) is 0 Å². The lowest BCUT2D eigenvalue weighted by molar-refractivity contribution is 0.385. The molecule has 0 bridgehead atoms. The molecular weight excluding hydrogens is 296 g/mol. The number of nitrogens with two attached hydrogens (primary N) is 1. The second kappa shape index (κ2) is 8.13. The molecule has 1 aliphatic heterocycles. The second-order valence-corrected chi connectivity index (χ2v) is 6.96. The van der Waals surface area contributed by atoms with Crippen LogP contribution in [0.15, 0.2) is 29.5 Å². The van der Waals surface area contributed by atoms with E-state index in [-0.39, 0.29) is 0 Å². The van der Waals surface area contributed by atoms with Gasteiger partial charge in [0.25, 0.3) is 0 Å². The summed E-state index contributed by atoms with van der Waals surface area (Å²) < 4.78 is 0. The maximum Gasteiger partial charge on any atom is 0.132 e. The zero-order valence-electron chi connectivity index (χ0n) is 14.6. The molecule has 1 saturated carbocycles. The average molecular weight is 324 g/mol. The summed E-state index contributed by atoms with van der Waals surface area (Å²) in [6.07, 6.45) is 15.4. The predicted octanol–water partition coefficient (Wildman–Crippen LogP) is 2.97. The maximum atomic E-state index is 5.57. The lowest BCUT2D eigenvalue weighted by Gasteiger charge is -2.15. The minimum atomic E-state index is 0.561. The Morgan fingerprint density at radius 3 is 2.71 bits per heavy atom. The van der Waals surface area contributed by atoms with Crippen LogP contribution in [0.4, 0.5) is 5.82 Å². The first kappa shape index (κ1) is 16.7. The zero-order chi connectivity index (χ0) is 16.8. The summed E-state index contributed by atoms with van der Waals surface area (Å²) in [6.45, 7) is 3.25. The summed E-state index contributed by atoms with van der Waals surface area (Å²) in [5.74, 6) is 1.60. The van der Waals surface area contributed by atoms with E-state index in [1.807, 2.05) is 24.5 Å². The average Bonchev–Trinajstić information content (AvgIpc) is 3.01. The Bertz CT molecular complexity index is 752. The second-order valence-electron chi connectivity index (χ2n) is 6.96. The topological polar surface area (TPSA) is 67.1 Å². The quantitative estimate of drug-likeness (QED) is 0.892. The van der Waals surface area contributed by atoms with Crippen LogP contribution in [-0.2, 0) is 6.42 Å². The van der Waals surface area contributed by atoms with Gasteiger partial charge in [-0.1, -0.05) is 51.2 Å². The first-order valence-electron chi connectivity index (χ1n) is 9.13. The van der Waals surface area contributed by atoms with Crippen molar-refractivity contribution in [2.45, 2.75) is 51.9 Å². The molecule has 1 fully saturated rings. The molecule has 0 saturated heterocycles. The van der Waals surface area contributed by atoms with E-state index in [2.05, 4.69) is 28.0 Å². The Morgan fingerprint density at radius 2 is 2.04 bits per heavy atom. The number of anilines is 1. The van der Waals surface area contributed by atoms with E-state index in [0.29, 0.717) is 5.82 Å². The maximum absolute atomic E-state index is 5.57. The predicted molar refractivity (Wildman–Crippen MR) is 99.2 cm³/mol. The van der Waals surface area contributed by atoms with Crippen LogP contribution in [0, 0.1) is 5.92 Å². The van der Waals surface area contributed by atoms with Gasteiger partial charge in [-0.25, -0.2) is 4.98 Å². The van der Waals surface area contributed by atoms with Crippen LogP contribution >= 0.6 is 0 Å². The normalized spacial score (nSPS) is 17.0. The first-order valence-corrected chi connectivity index (χ1v) is 9.13. The molecule has 1 aliphatic carbocycles. The van der Waals surface area contributed by atoms with E-state index in [1.165, 1.54) is 48.4 Å². The van der Waals surface area contributed by atoms with Crippen LogP contribution in [0.2, 0.25) is 0 Å². The molecule has 0 amide bonds. The van der Waals surface area contributed by atoms with Crippen LogP contribution in [0.25, 0.3) is 6.08 Å². The molecule has 3 N–H and O–H groups in total. The number of hydrogen-bond donors (Lipinski definition) is 2. The highest BCUT2D eigenvalue weighted by Crippen LogP contribution is 2.22. The van der Waals surface area contributed by atoms with Crippen molar-refractivity contribution in [2.75, 3.05) is 12.3 Å². The third-order valence-corrected chi connectivity index (χ3v) is 4.87. The van der Waals surface area contributed by atoms with E-state index in [9.17, 15) is 0 Å². The lowest BCUT2D eigenvalue weighted by atomic mass is 9.91. The van der Waals surface area contributed by atoms with Crippen LogP contribution in [0.3, 0.4) is 0 Å². The standard InChI is InChI=1S/C13H14N4.C7H14/c14-12-4-3-9(7-16-12)6-10-8-17-13-11(10)2-1-5-15-13;1-7-5-3-2-4-6-7/h2-4,7-8H,1,5-6H2,(H2,14,16)(H,15,17);7H,2-6H2,1H3. The third kappa shape index (κ3) is 4.47. The summed E-state index contributed by atoms with van der Waals surface area (Å²) in [4.78, 5) is 11.8. The molecule has 0 unspecified atom stereocenters. The molecular formula is C20H28N4. The number of fused-ring (bicyclic) bond motifs is 1. The fourth-order valence-electron chi connectivity index (χ4n) is 3.42. The smallest absolute Gasteiger partial charge is 0.132 e. The van der Waals surface area contributed by atoms with Gasteiger partial charge < -0.3 is 10.7 Å². The molecule has 24 heavy (non-hydrogen) atoms. The molecule has 0 aromatic carbocycles. The largest absolute Gasteiger partial charge is 0.384 e. The SMILES string of the molecule is CC1CCCCC1.Nc1ccc(Cc2c[nH]c3c2=CCCN=3)cn1. The molecule has 0 radical (unpaired) electrons. The highest BCUT2D eigenvalue weighted by molar-refractivity contribution is 5.35. The number of aromatic nitrogens is 2. The minimum Gasteiger partial charge on any atom is -0.384 e. The van der Waals surface area contributed by atoms with Gasteiger partial charge in [0.2, 0.25) is 0 Å². The Labute approximate surface area is 143 Å².